The summed E-state index contributed by atoms with van der Waals surface area (Å²) in [7, 11) is 0. The lowest BCUT2D eigenvalue weighted by atomic mass is 9.88. The Labute approximate surface area is 88.3 Å². The fourth-order valence-corrected chi connectivity index (χ4v) is 2.38. The molecule has 0 saturated carbocycles. The summed E-state index contributed by atoms with van der Waals surface area (Å²) in [5.41, 5.74) is 0.200. The average Bonchev–Trinajstić information content (AvgIpc) is 2.08. The minimum Gasteiger partial charge on any atom is -0.393 e. The first-order chi connectivity index (χ1) is 6.56. The van der Waals surface area contributed by atoms with Gasteiger partial charge in [-0.05, 0) is 39.7 Å². The molecule has 1 aliphatic heterocycles. The summed E-state index contributed by atoms with van der Waals surface area (Å²) in [5.74, 6) is 0. The molecule has 1 rings (SSSR count). The lowest BCUT2D eigenvalue weighted by Gasteiger charge is -2.44. The van der Waals surface area contributed by atoms with Crippen LogP contribution in [0.2, 0.25) is 0 Å². The van der Waals surface area contributed by atoms with Crippen molar-refractivity contribution in [3.8, 4) is 0 Å². The van der Waals surface area contributed by atoms with Crippen molar-refractivity contribution in [1.29, 1.82) is 0 Å². The van der Waals surface area contributed by atoms with E-state index in [1.165, 1.54) is 25.8 Å². The van der Waals surface area contributed by atoms with Crippen LogP contribution in [0.4, 0.5) is 0 Å². The van der Waals surface area contributed by atoms with E-state index in [0.29, 0.717) is 0 Å². The van der Waals surface area contributed by atoms with Gasteiger partial charge in [0.15, 0.2) is 0 Å². The van der Waals surface area contributed by atoms with Crippen LogP contribution in [0.1, 0.15) is 52.9 Å². The Morgan fingerprint density at radius 1 is 1.36 bits per heavy atom. The zero-order valence-corrected chi connectivity index (χ0v) is 9.92. The number of likely N-dealkylation sites (tertiary alicyclic amines) is 1. The molecular weight excluding hydrogens is 174 g/mol. The molecule has 0 bridgehead atoms. The van der Waals surface area contributed by atoms with Crippen molar-refractivity contribution in [2.75, 3.05) is 13.1 Å². The maximum absolute atomic E-state index is 9.61. The number of hydrogen-bond acceptors (Lipinski definition) is 2. The maximum Gasteiger partial charge on any atom is 0.0569 e. The molecule has 0 aliphatic carbocycles. The van der Waals surface area contributed by atoms with Crippen LogP contribution >= 0.6 is 0 Å². The standard InChI is InChI=1S/C12H25NO/c1-4-5-6-8-13-9-7-11(14)10-12(13,2)3/h11,14H,4-10H2,1-3H3. The van der Waals surface area contributed by atoms with E-state index in [1.807, 2.05) is 0 Å². The van der Waals surface area contributed by atoms with E-state index < -0.39 is 0 Å². The van der Waals surface area contributed by atoms with Crippen molar-refractivity contribution in [3.63, 3.8) is 0 Å². The van der Waals surface area contributed by atoms with E-state index in [1.54, 1.807) is 0 Å². The van der Waals surface area contributed by atoms with Gasteiger partial charge in [-0.15, -0.1) is 0 Å². The molecule has 1 saturated heterocycles. The van der Waals surface area contributed by atoms with Gasteiger partial charge in [-0.1, -0.05) is 19.8 Å². The van der Waals surface area contributed by atoms with Crippen molar-refractivity contribution in [2.45, 2.75) is 64.5 Å². The number of unbranched alkanes of at least 4 members (excludes halogenated alkanes) is 2. The maximum atomic E-state index is 9.61. The highest BCUT2D eigenvalue weighted by atomic mass is 16.3. The van der Waals surface area contributed by atoms with E-state index in [9.17, 15) is 5.11 Å². The van der Waals surface area contributed by atoms with Gasteiger partial charge in [0, 0.05) is 12.1 Å². The zero-order valence-electron chi connectivity index (χ0n) is 9.92. The molecule has 84 valence electrons. The summed E-state index contributed by atoms with van der Waals surface area (Å²) in [5, 5.41) is 9.61. The monoisotopic (exact) mass is 199 g/mol. The first kappa shape index (κ1) is 12.0. The molecule has 2 nitrogen and oxygen atoms in total. The summed E-state index contributed by atoms with van der Waals surface area (Å²) < 4.78 is 0. The van der Waals surface area contributed by atoms with Gasteiger partial charge in [-0.3, -0.25) is 4.90 Å². The van der Waals surface area contributed by atoms with Gasteiger partial charge in [0.2, 0.25) is 0 Å². The van der Waals surface area contributed by atoms with Crippen LogP contribution < -0.4 is 0 Å². The van der Waals surface area contributed by atoms with Gasteiger partial charge in [0.1, 0.15) is 0 Å². The number of hydrogen-bond donors (Lipinski definition) is 1. The molecule has 0 amide bonds. The van der Waals surface area contributed by atoms with Crippen LogP contribution in [0, 0.1) is 0 Å². The van der Waals surface area contributed by atoms with Crippen LogP contribution in [0.5, 0.6) is 0 Å². The lowest BCUT2D eigenvalue weighted by molar-refractivity contribution is -0.00297. The normalized spacial score (nSPS) is 27.9. The number of piperidine rings is 1. The Hall–Kier alpha value is -0.0800. The van der Waals surface area contributed by atoms with Crippen LogP contribution in [0.3, 0.4) is 0 Å². The Morgan fingerprint density at radius 2 is 2.07 bits per heavy atom. The van der Waals surface area contributed by atoms with E-state index in [4.69, 9.17) is 0 Å². The highest BCUT2D eigenvalue weighted by Gasteiger charge is 2.33. The summed E-state index contributed by atoms with van der Waals surface area (Å²) in [4.78, 5) is 2.54. The van der Waals surface area contributed by atoms with E-state index in [2.05, 4.69) is 25.7 Å². The SMILES string of the molecule is CCCCCN1CCC(O)CC1(C)C. The molecule has 1 aliphatic rings. The lowest BCUT2D eigenvalue weighted by Crippen LogP contribution is -2.51. The smallest absolute Gasteiger partial charge is 0.0569 e. The van der Waals surface area contributed by atoms with Crippen molar-refractivity contribution >= 4 is 0 Å². The summed E-state index contributed by atoms with van der Waals surface area (Å²) in [6, 6.07) is 0. The molecule has 0 radical (unpaired) electrons. The zero-order chi connectivity index (χ0) is 10.6. The van der Waals surface area contributed by atoms with Gasteiger partial charge in [-0.2, -0.15) is 0 Å². The van der Waals surface area contributed by atoms with Gasteiger partial charge in [0.05, 0.1) is 6.10 Å². The minimum absolute atomic E-state index is 0.0765. The summed E-state index contributed by atoms with van der Waals surface area (Å²) >= 11 is 0. The second-order valence-corrected chi connectivity index (χ2v) is 5.15. The molecule has 0 aromatic rings. The highest BCUT2D eigenvalue weighted by Crippen LogP contribution is 2.27. The number of rotatable bonds is 4. The minimum atomic E-state index is -0.0765. The molecular formula is C12H25NO. The van der Waals surface area contributed by atoms with E-state index >= 15 is 0 Å². The first-order valence-corrected chi connectivity index (χ1v) is 5.99. The molecule has 2 heteroatoms. The molecule has 1 heterocycles. The molecule has 0 aromatic carbocycles. The summed E-state index contributed by atoms with van der Waals surface area (Å²) in [6.07, 6.45) is 5.73. The summed E-state index contributed by atoms with van der Waals surface area (Å²) in [6.45, 7) is 9.01. The Morgan fingerprint density at radius 3 is 2.64 bits per heavy atom. The third-order valence-electron chi connectivity index (χ3n) is 3.36. The van der Waals surface area contributed by atoms with E-state index in [0.717, 1.165) is 19.4 Å². The number of aliphatic hydroxyl groups excluding tert-OH is 1. The predicted molar refractivity (Wildman–Crippen MR) is 60.4 cm³/mol. The van der Waals surface area contributed by atoms with Crippen molar-refractivity contribution in [2.24, 2.45) is 0 Å². The van der Waals surface area contributed by atoms with Crippen LogP contribution in [-0.2, 0) is 0 Å². The van der Waals surface area contributed by atoms with Crippen LogP contribution in [0.15, 0.2) is 0 Å². The third-order valence-corrected chi connectivity index (χ3v) is 3.36. The Bertz CT molecular complexity index is 168. The molecule has 0 spiro atoms. The van der Waals surface area contributed by atoms with E-state index in [-0.39, 0.29) is 11.6 Å². The van der Waals surface area contributed by atoms with Gasteiger partial charge < -0.3 is 5.11 Å². The molecule has 14 heavy (non-hydrogen) atoms. The Kier molecular flexibility index (Phi) is 4.39. The quantitative estimate of drug-likeness (QED) is 0.703. The van der Waals surface area contributed by atoms with Crippen LogP contribution in [-0.4, -0.2) is 34.7 Å². The second kappa shape index (κ2) is 5.13. The van der Waals surface area contributed by atoms with Gasteiger partial charge >= 0.3 is 0 Å². The average molecular weight is 199 g/mol. The largest absolute Gasteiger partial charge is 0.393 e. The molecule has 0 aromatic heterocycles. The fourth-order valence-electron chi connectivity index (χ4n) is 2.38. The second-order valence-electron chi connectivity index (χ2n) is 5.15. The third kappa shape index (κ3) is 3.25. The predicted octanol–water partition coefficient (Wildman–Crippen LogP) is 2.41. The molecule has 1 unspecified atom stereocenters. The number of aliphatic hydroxyl groups is 1. The Balaban J connectivity index is 2.36. The first-order valence-electron chi connectivity index (χ1n) is 5.99. The topological polar surface area (TPSA) is 23.5 Å². The van der Waals surface area contributed by atoms with Gasteiger partial charge in [-0.25, -0.2) is 0 Å². The highest BCUT2D eigenvalue weighted by molar-refractivity contribution is 4.89. The van der Waals surface area contributed by atoms with Crippen molar-refractivity contribution in [3.05, 3.63) is 0 Å². The number of nitrogens with zero attached hydrogens (tertiary/aromatic N) is 1. The molecule has 1 fully saturated rings. The van der Waals surface area contributed by atoms with Crippen molar-refractivity contribution in [1.82, 2.24) is 4.90 Å². The fraction of sp³-hybridized carbons (Fsp3) is 1.00. The molecule has 1 N–H and O–H groups in total. The molecule has 1 atom stereocenters. The van der Waals surface area contributed by atoms with Crippen molar-refractivity contribution < 1.29 is 5.11 Å². The van der Waals surface area contributed by atoms with Crippen LogP contribution in [0.25, 0.3) is 0 Å². The van der Waals surface area contributed by atoms with Gasteiger partial charge in [0.25, 0.3) is 0 Å².